The fourth-order valence-corrected chi connectivity index (χ4v) is 1.99. The van der Waals surface area contributed by atoms with Crippen LogP contribution >= 0.6 is 0 Å². The van der Waals surface area contributed by atoms with E-state index in [1.165, 1.54) is 24.3 Å². The van der Waals surface area contributed by atoms with Crippen molar-refractivity contribution in [3.05, 3.63) is 39.9 Å². The van der Waals surface area contributed by atoms with Gasteiger partial charge in [0.2, 0.25) is 5.91 Å². The van der Waals surface area contributed by atoms with Gasteiger partial charge in [0.25, 0.3) is 5.69 Å². The number of nitrogens with one attached hydrogen (secondary N) is 1. The summed E-state index contributed by atoms with van der Waals surface area (Å²) in [6.45, 7) is 1.72. The van der Waals surface area contributed by atoms with Gasteiger partial charge in [-0.05, 0) is 24.6 Å². The van der Waals surface area contributed by atoms with Crippen LogP contribution in [0.4, 0.5) is 5.69 Å². The van der Waals surface area contributed by atoms with Crippen LogP contribution in [0.3, 0.4) is 0 Å². The molecule has 0 aliphatic carbocycles. The number of aliphatic hydroxyl groups is 1. The molecule has 2 atom stereocenters. The summed E-state index contributed by atoms with van der Waals surface area (Å²) < 4.78 is 0. The second-order valence-electron chi connectivity index (χ2n) is 4.39. The lowest BCUT2D eigenvalue weighted by Crippen LogP contribution is -2.34. The molecular formula is C12H13N3O4. The lowest BCUT2D eigenvalue weighted by molar-refractivity contribution is -0.384. The minimum absolute atomic E-state index is 0.0391. The van der Waals surface area contributed by atoms with Gasteiger partial charge in [-0.1, -0.05) is 0 Å². The molecule has 2 rings (SSSR count). The van der Waals surface area contributed by atoms with Gasteiger partial charge in [-0.2, -0.15) is 5.10 Å². The number of benzene rings is 1. The van der Waals surface area contributed by atoms with E-state index in [0.717, 1.165) is 0 Å². The van der Waals surface area contributed by atoms with Gasteiger partial charge >= 0.3 is 0 Å². The van der Waals surface area contributed by atoms with E-state index in [0.29, 0.717) is 11.3 Å². The van der Waals surface area contributed by atoms with E-state index < -0.39 is 16.9 Å². The molecule has 1 aliphatic rings. The molecule has 0 saturated carbocycles. The SMILES string of the molecule is CC1=NNC(=O)C[C@H]1[C@H](O)c1ccc([N+](=O)[O-])cc1. The highest BCUT2D eigenvalue weighted by Crippen LogP contribution is 2.28. The number of nitro groups is 1. The fourth-order valence-electron chi connectivity index (χ4n) is 1.99. The Hall–Kier alpha value is -2.28. The summed E-state index contributed by atoms with van der Waals surface area (Å²) in [6, 6.07) is 5.63. The number of rotatable bonds is 3. The number of hydrogen-bond acceptors (Lipinski definition) is 5. The highest BCUT2D eigenvalue weighted by atomic mass is 16.6. The molecule has 0 radical (unpaired) electrons. The monoisotopic (exact) mass is 263 g/mol. The molecule has 19 heavy (non-hydrogen) atoms. The van der Waals surface area contributed by atoms with Crippen LogP contribution < -0.4 is 5.43 Å². The Bertz CT molecular complexity index is 538. The Labute approximate surface area is 109 Å². The van der Waals surface area contributed by atoms with Gasteiger partial charge in [0.15, 0.2) is 0 Å². The highest BCUT2D eigenvalue weighted by molar-refractivity contribution is 5.93. The Morgan fingerprint density at radius 1 is 1.47 bits per heavy atom. The number of carbonyl (C=O) groups excluding carboxylic acids is 1. The summed E-state index contributed by atoms with van der Waals surface area (Å²) in [7, 11) is 0. The molecule has 2 N–H and O–H groups in total. The summed E-state index contributed by atoms with van der Waals surface area (Å²) in [5.74, 6) is -0.660. The van der Waals surface area contributed by atoms with E-state index in [1.807, 2.05) is 0 Å². The van der Waals surface area contributed by atoms with Crippen LogP contribution in [0.25, 0.3) is 0 Å². The molecule has 0 unspecified atom stereocenters. The zero-order chi connectivity index (χ0) is 14.0. The molecule has 0 spiro atoms. The van der Waals surface area contributed by atoms with Crippen molar-refractivity contribution in [1.82, 2.24) is 5.43 Å². The minimum Gasteiger partial charge on any atom is -0.388 e. The molecule has 1 heterocycles. The first-order valence-electron chi connectivity index (χ1n) is 5.74. The number of carbonyl (C=O) groups is 1. The summed E-state index contributed by atoms with van der Waals surface area (Å²) in [5.41, 5.74) is 3.46. The first-order chi connectivity index (χ1) is 8.99. The van der Waals surface area contributed by atoms with Crippen molar-refractivity contribution in [2.45, 2.75) is 19.4 Å². The van der Waals surface area contributed by atoms with Crippen LogP contribution in [0.2, 0.25) is 0 Å². The van der Waals surface area contributed by atoms with Gasteiger partial charge in [-0.15, -0.1) is 0 Å². The van der Waals surface area contributed by atoms with Crippen LogP contribution in [0.15, 0.2) is 29.4 Å². The first kappa shape index (κ1) is 13.2. The van der Waals surface area contributed by atoms with Crippen molar-refractivity contribution in [2.75, 3.05) is 0 Å². The second kappa shape index (κ2) is 5.15. The van der Waals surface area contributed by atoms with E-state index in [9.17, 15) is 20.0 Å². The normalized spacial score (nSPS) is 20.4. The van der Waals surface area contributed by atoms with Crippen LogP contribution in [0.5, 0.6) is 0 Å². The van der Waals surface area contributed by atoms with Crippen molar-refractivity contribution in [3.8, 4) is 0 Å². The molecule has 0 saturated heterocycles. The zero-order valence-corrected chi connectivity index (χ0v) is 10.2. The Kier molecular flexibility index (Phi) is 3.57. The van der Waals surface area contributed by atoms with Crippen molar-refractivity contribution < 1.29 is 14.8 Å². The van der Waals surface area contributed by atoms with Gasteiger partial charge in [-0.25, -0.2) is 5.43 Å². The molecule has 0 fully saturated rings. The third-order valence-corrected chi connectivity index (χ3v) is 3.13. The molecule has 7 heteroatoms. The number of amides is 1. The van der Waals surface area contributed by atoms with E-state index in [2.05, 4.69) is 10.5 Å². The number of hydrogen-bond donors (Lipinski definition) is 2. The van der Waals surface area contributed by atoms with Crippen molar-refractivity contribution >= 4 is 17.3 Å². The third-order valence-electron chi connectivity index (χ3n) is 3.13. The van der Waals surface area contributed by atoms with Gasteiger partial charge in [0.1, 0.15) is 0 Å². The number of aliphatic hydroxyl groups excluding tert-OH is 1. The molecule has 1 aliphatic heterocycles. The molecule has 1 aromatic carbocycles. The maximum Gasteiger partial charge on any atom is 0.269 e. The quantitative estimate of drug-likeness (QED) is 0.630. The molecule has 100 valence electrons. The molecule has 1 amide bonds. The molecule has 0 aromatic heterocycles. The fraction of sp³-hybridized carbons (Fsp3) is 0.333. The molecule has 7 nitrogen and oxygen atoms in total. The second-order valence-corrected chi connectivity index (χ2v) is 4.39. The van der Waals surface area contributed by atoms with Crippen LogP contribution in [0.1, 0.15) is 25.0 Å². The van der Waals surface area contributed by atoms with Crippen molar-refractivity contribution in [1.29, 1.82) is 0 Å². The Morgan fingerprint density at radius 3 is 2.68 bits per heavy atom. The van der Waals surface area contributed by atoms with Crippen LogP contribution in [-0.2, 0) is 4.79 Å². The summed E-state index contributed by atoms with van der Waals surface area (Å²) in [6.07, 6.45) is -0.761. The number of hydrazone groups is 1. The molecule has 1 aromatic rings. The van der Waals surface area contributed by atoms with Crippen molar-refractivity contribution in [3.63, 3.8) is 0 Å². The third kappa shape index (κ3) is 2.76. The standard InChI is InChI=1S/C12H13N3O4/c1-7-10(6-11(16)14-13-7)12(17)8-2-4-9(5-3-8)15(18)19/h2-5,10,12,17H,6H2,1H3,(H,14,16)/t10-,12-/m1/s1. The number of nitrogens with zero attached hydrogens (tertiary/aromatic N) is 2. The van der Waals surface area contributed by atoms with Gasteiger partial charge in [0, 0.05) is 30.2 Å². The van der Waals surface area contributed by atoms with E-state index in [-0.39, 0.29) is 18.0 Å². The summed E-state index contributed by atoms with van der Waals surface area (Å²) >= 11 is 0. The number of non-ortho nitro benzene ring substituents is 1. The van der Waals surface area contributed by atoms with E-state index >= 15 is 0 Å². The highest BCUT2D eigenvalue weighted by Gasteiger charge is 2.29. The maximum absolute atomic E-state index is 11.3. The predicted octanol–water partition coefficient (Wildman–Crippen LogP) is 1.14. The summed E-state index contributed by atoms with van der Waals surface area (Å²) in [5, 5.41) is 24.6. The summed E-state index contributed by atoms with van der Waals surface area (Å²) in [4.78, 5) is 21.3. The van der Waals surface area contributed by atoms with E-state index in [1.54, 1.807) is 6.92 Å². The topological polar surface area (TPSA) is 105 Å². The zero-order valence-electron chi connectivity index (χ0n) is 10.2. The van der Waals surface area contributed by atoms with Crippen LogP contribution in [-0.4, -0.2) is 21.6 Å². The lowest BCUT2D eigenvalue weighted by Gasteiger charge is -2.25. The van der Waals surface area contributed by atoms with Gasteiger partial charge < -0.3 is 5.11 Å². The Balaban J connectivity index is 2.21. The lowest BCUT2D eigenvalue weighted by atomic mass is 9.88. The van der Waals surface area contributed by atoms with Gasteiger partial charge in [0.05, 0.1) is 11.0 Å². The smallest absolute Gasteiger partial charge is 0.269 e. The predicted molar refractivity (Wildman–Crippen MR) is 67.4 cm³/mol. The van der Waals surface area contributed by atoms with Crippen LogP contribution in [0, 0.1) is 16.0 Å². The van der Waals surface area contributed by atoms with E-state index in [4.69, 9.17) is 0 Å². The molecular weight excluding hydrogens is 250 g/mol. The first-order valence-corrected chi connectivity index (χ1v) is 5.74. The van der Waals surface area contributed by atoms with Crippen molar-refractivity contribution in [2.24, 2.45) is 11.0 Å². The number of nitro benzene ring substituents is 1. The Morgan fingerprint density at radius 2 is 2.11 bits per heavy atom. The van der Waals surface area contributed by atoms with Gasteiger partial charge in [-0.3, -0.25) is 14.9 Å². The minimum atomic E-state index is -0.907. The largest absolute Gasteiger partial charge is 0.388 e. The molecule has 0 bridgehead atoms. The maximum atomic E-state index is 11.3. The average Bonchev–Trinajstić information content (AvgIpc) is 2.41. The average molecular weight is 263 g/mol.